The highest BCUT2D eigenvalue weighted by Gasteiger charge is 2.57. The molecule has 0 unspecified atom stereocenters. The number of hydrogen-bond donors (Lipinski definition) is 1. The number of carboxylic acid groups (broad SMARTS) is 1. The van der Waals surface area contributed by atoms with Crippen molar-refractivity contribution in [3.05, 3.63) is 58.4 Å². The quantitative estimate of drug-likeness (QED) is 0.590. The van der Waals surface area contributed by atoms with Crippen LogP contribution in [-0.4, -0.2) is 47.0 Å². The third kappa shape index (κ3) is 3.81. The summed E-state index contributed by atoms with van der Waals surface area (Å²) in [6.45, 7) is 8.14. The number of benzene rings is 2. The molecular weight excluding hydrogens is 472 g/mol. The van der Waals surface area contributed by atoms with E-state index >= 15 is 4.39 Å². The van der Waals surface area contributed by atoms with Crippen LogP contribution in [0.4, 0.5) is 9.18 Å². The Kier molecular flexibility index (Phi) is 5.85. The Balaban J connectivity index is 1.66. The highest BCUT2D eigenvalue weighted by atomic mass is 35.5. The number of likely N-dealkylation sites (tertiary alicyclic amines) is 1. The van der Waals surface area contributed by atoms with Crippen molar-refractivity contribution in [1.29, 1.82) is 0 Å². The Labute approximate surface area is 210 Å². The molecule has 3 aliphatic heterocycles. The topological polar surface area (TPSA) is 68.2 Å². The summed E-state index contributed by atoms with van der Waals surface area (Å²) in [5.74, 6) is -0.283. The van der Waals surface area contributed by atoms with Crippen molar-refractivity contribution >= 4 is 30.3 Å². The van der Waals surface area contributed by atoms with Crippen LogP contribution in [-0.2, 0) is 21.3 Å². The molecule has 0 aromatic heterocycles. The summed E-state index contributed by atoms with van der Waals surface area (Å²) in [7, 11) is -0.881. The van der Waals surface area contributed by atoms with Gasteiger partial charge in [-0.3, -0.25) is 0 Å². The zero-order valence-corrected chi connectivity index (χ0v) is 21.2. The van der Waals surface area contributed by atoms with E-state index in [0.29, 0.717) is 36.2 Å². The molecule has 2 fully saturated rings. The molecule has 1 N–H and O–H groups in total. The van der Waals surface area contributed by atoms with Gasteiger partial charge in [0.15, 0.2) is 5.60 Å². The largest absolute Gasteiger partial charge is 0.496 e. The predicted molar refractivity (Wildman–Crippen MR) is 132 cm³/mol. The van der Waals surface area contributed by atoms with E-state index in [1.807, 2.05) is 58.0 Å². The first kappa shape index (κ1) is 24.4. The van der Waals surface area contributed by atoms with Gasteiger partial charge in [-0.25, -0.2) is 9.18 Å². The van der Waals surface area contributed by atoms with E-state index in [0.717, 1.165) is 18.4 Å². The first-order chi connectivity index (χ1) is 16.5. The minimum Gasteiger partial charge on any atom is -0.480 e. The molecule has 0 saturated carbocycles. The number of amides is 1. The molecule has 6 nitrogen and oxygen atoms in total. The zero-order valence-electron chi connectivity index (χ0n) is 20.4. The molecule has 2 atom stereocenters. The summed E-state index contributed by atoms with van der Waals surface area (Å²) in [5, 5.41) is 9.97. The molecule has 5 rings (SSSR count). The zero-order chi connectivity index (χ0) is 25.2. The van der Waals surface area contributed by atoms with Gasteiger partial charge in [-0.2, -0.15) is 0 Å². The lowest BCUT2D eigenvalue weighted by Gasteiger charge is -2.45. The SMILES string of the molecule is CC1(C)OB(c2c(Cl)c(F)cc3c2C[C@](c2ccccc2)([C@@H]2CCCCN2C(=O)O)O3)OC1(C)C. The molecular formula is C26H30BClFNO5. The normalized spacial score (nSPS) is 27.0. The first-order valence-corrected chi connectivity index (χ1v) is 12.5. The average molecular weight is 502 g/mol. The molecule has 0 bridgehead atoms. The number of halogens is 2. The van der Waals surface area contributed by atoms with Gasteiger partial charge in [-0.15, -0.1) is 0 Å². The van der Waals surface area contributed by atoms with Crippen LogP contribution in [0.1, 0.15) is 58.1 Å². The molecule has 3 aliphatic rings. The van der Waals surface area contributed by atoms with E-state index in [-0.39, 0.29) is 5.02 Å². The maximum Gasteiger partial charge on any atom is 0.496 e. The van der Waals surface area contributed by atoms with Crippen molar-refractivity contribution in [2.75, 3.05) is 6.54 Å². The first-order valence-electron chi connectivity index (χ1n) is 12.1. The van der Waals surface area contributed by atoms with Crippen LogP contribution in [0.3, 0.4) is 0 Å². The second kappa shape index (κ2) is 8.39. The van der Waals surface area contributed by atoms with Crippen molar-refractivity contribution in [1.82, 2.24) is 4.90 Å². The van der Waals surface area contributed by atoms with Crippen LogP contribution in [0.5, 0.6) is 5.75 Å². The van der Waals surface area contributed by atoms with E-state index in [2.05, 4.69) is 0 Å². The van der Waals surface area contributed by atoms with Gasteiger partial charge in [0, 0.05) is 30.1 Å². The summed E-state index contributed by atoms with van der Waals surface area (Å²) in [6.07, 6.45) is 1.64. The standard InChI is InChI=1S/C26H30BClFNO5/c1-24(2)25(3,4)35-27(34-24)21-17-15-26(16-10-6-5-7-11-16,33-19(17)14-18(29)22(21)28)20-12-8-9-13-30(20)23(31)32/h5-7,10-11,14,20H,8-9,12-13,15H2,1-4H3,(H,31,32)/t20-,26-/m0/s1. The van der Waals surface area contributed by atoms with Gasteiger partial charge < -0.3 is 24.1 Å². The lowest BCUT2D eigenvalue weighted by molar-refractivity contribution is -0.0252. The number of ether oxygens (including phenoxy) is 1. The highest BCUT2D eigenvalue weighted by Crippen LogP contribution is 2.49. The monoisotopic (exact) mass is 501 g/mol. The van der Waals surface area contributed by atoms with E-state index in [9.17, 15) is 9.90 Å². The number of rotatable bonds is 3. The van der Waals surface area contributed by atoms with Crippen LogP contribution in [0.2, 0.25) is 5.02 Å². The Morgan fingerprint density at radius 1 is 1.14 bits per heavy atom. The molecule has 2 saturated heterocycles. The van der Waals surface area contributed by atoms with Crippen molar-refractivity contribution in [3.63, 3.8) is 0 Å². The van der Waals surface area contributed by atoms with Gasteiger partial charge >= 0.3 is 13.2 Å². The molecule has 1 amide bonds. The van der Waals surface area contributed by atoms with Gasteiger partial charge in [-0.1, -0.05) is 41.9 Å². The van der Waals surface area contributed by atoms with Crippen molar-refractivity contribution in [2.24, 2.45) is 0 Å². The third-order valence-electron chi connectivity index (χ3n) is 8.10. The number of hydrogen-bond acceptors (Lipinski definition) is 4. The second-order valence-electron chi connectivity index (χ2n) is 10.7. The fourth-order valence-corrected chi connectivity index (χ4v) is 5.80. The number of nitrogens with zero attached hydrogens (tertiary/aromatic N) is 1. The molecule has 3 heterocycles. The molecule has 0 aliphatic carbocycles. The molecule has 35 heavy (non-hydrogen) atoms. The van der Waals surface area contributed by atoms with Crippen molar-refractivity contribution in [2.45, 2.75) is 76.2 Å². The fourth-order valence-electron chi connectivity index (χ4n) is 5.54. The summed E-state index contributed by atoms with van der Waals surface area (Å²) < 4.78 is 34.3. The lowest BCUT2D eigenvalue weighted by Crippen LogP contribution is -2.57. The van der Waals surface area contributed by atoms with Gasteiger partial charge in [0.25, 0.3) is 0 Å². The number of piperidine rings is 1. The minimum atomic E-state index is -1.03. The van der Waals surface area contributed by atoms with E-state index in [4.69, 9.17) is 25.6 Å². The number of carbonyl (C=O) groups is 1. The molecule has 2 aromatic rings. The maximum atomic E-state index is 15.1. The summed E-state index contributed by atoms with van der Waals surface area (Å²) in [5.41, 5.74) is -0.367. The van der Waals surface area contributed by atoms with E-state index in [1.165, 1.54) is 11.0 Å². The van der Waals surface area contributed by atoms with Crippen LogP contribution in [0, 0.1) is 5.82 Å². The fraction of sp³-hybridized carbons (Fsp3) is 0.500. The Morgan fingerprint density at radius 2 is 1.80 bits per heavy atom. The van der Waals surface area contributed by atoms with Crippen LogP contribution in [0.25, 0.3) is 0 Å². The van der Waals surface area contributed by atoms with Crippen LogP contribution < -0.4 is 10.2 Å². The van der Waals surface area contributed by atoms with E-state index in [1.54, 1.807) is 0 Å². The second-order valence-corrected chi connectivity index (χ2v) is 11.1. The summed E-state index contributed by atoms with van der Waals surface area (Å²) >= 11 is 6.55. The summed E-state index contributed by atoms with van der Waals surface area (Å²) in [6, 6.07) is 10.4. The Morgan fingerprint density at radius 3 is 2.43 bits per heavy atom. The molecule has 0 radical (unpaired) electrons. The van der Waals surface area contributed by atoms with Gasteiger partial charge in [0.05, 0.1) is 22.3 Å². The van der Waals surface area contributed by atoms with Gasteiger partial charge in [0.1, 0.15) is 11.6 Å². The van der Waals surface area contributed by atoms with Crippen molar-refractivity contribution < 1.29 is 28.3 Å². The number of fused-ring (bicyclic) bond motifs is 1. The Bertz CT molecular complexity index is 1140. The predicted octanol–water partition coefficient (Wildman–Crippen LogP) is 5.14. The van der Waals surface area contributed by atoms with Crippen LogP contribution in [0.15, 0.2) is 36.4 Å². The Hall–Kier alpha value is -2.29. The minimum absolute atomic E-state index is 0.0616. The van der Waals surface area contributed by atoms with E-state index < -0.39 is 41.9 Å². The molecule has 9 heteroatoms. The molecule has 2 aromatic carbocycles. The summed E-state index contributed by atoms with van der Waals surface area (Å²) in [4.78, 5) is 13.7. The highest BCUT2D eigenvalue weighted by molar-refractivity contribution is 6.66. The lowest BCUT2D eigenvalue weighted by atomic mass is 9.71. The van der Waals surface area contributed by atoms with Crippen LogP contribution >= 0.6 is 11.6 Å². The van der Waals surface area contributed by atoms with Gasteiger partial charge in [-0.05, 0) is 52.5 Å². The molecule has 186 valence electrons. The van der Waals surface area contributed by atoms with Gasteiger partial charge in [0.2, 0.25) is 0 Å². The average Bonchev–Trinajstić information content (AvgIpc) is 3.29. The smallest absolute Gasteiger partial charge is 0.480 e. The molecule has 0 spiro atoms. The maximum absolute atomic E-state index is 15.1. The van der Waals surface area contributed by atoms with Crippen molar-refractivity contribution in [3.8, 4) is 5.75 Å². The third-order valence-corrected chi connectivity index (χ3v) is 8.48.